The molecule has 1 fully saturated rings. The number of rotatable bonds is 7. The maximum absolute atomic E-state index is 11.8. The van der Waals surface area contributed by atoms with Gasteiger partial charge in [-0.1, -0.05) is 11.2 Å². The number of methoxy groups -OCH3 is 2. The van der Waals surface area contributed by atoms with Gasteiger partial charge in [0.25, 0.3) is 0 Å². The summed E-state index contributed by atoms with van der Waals surface area (Å²) in [5.41, 5.74) is -0.482. The summed E-state index contributed by atoms with van der Waals surface area (Å²) in [5, 5.41) is 3.80. The molecule has 1 aliphatic rings. The van der Waals surface area contributed by atoms with Crippen LogP contribution in [0.2, 0.25) is 0 Å². The van der Waals surface area contributed by atoms with Crippen LogP contribution in [0.1, 0.15) is 18.5 Å². The number of pyridine rings is 1. The Morgan fingerprint density at radius 3 is 2.68 bits per heavy atom. The van der Waals surface area contributed by atoms with Crippen molar-refractivity contribution in [2.75, 3.05) is 20.8 Å². The Bertz CT molecular complexity index is 542. The molecule has 118 valence electrons. The highest BCUT2D eigenvalue weighted by Gasteiger charge is 2.67. The Hall–Kier alpha value is -2.44. The highest BCUT2D eigenvalue weighted by atomic mass is 16.6. The molecule has 0 radical (unpaired) electrons. The molecule has 22 heavy (non-hydrogen) atoms. The van der Waals surface area contributed by atoms with Crippen molar-refractivity contribution in [1.82, 2.24) is 4.98 Å². The summed E-state index contributed by atoms with van der Waals surface area (Å²) >= 11 is 0. The topological polar surface area (TPSA) is 87.1 Å². The third-order valence-electron chi connectivity index (χ3n) is 3.71. The molecule has 0 unspecified atom stereocenters. The molecule has 7 heteroatoms. The number of hydrogen-bond acceptors (Lipinski definition) is 7. The van der Waals surface area contributed by atoms with Crippen molar-refractivity contribution < 1.29 is 23.9 Å². The van der Waals surface area contributed by atoms with E-state index >= 15 is 0 Å². The molecule has 0 aliphatic heterocycles. The summed E-state index contributed by atoms with van der Waals surface area (Å²) in [6.45, 7) is 0.295. The number of ether oxygens (including phenoxy) is 2. The Balaban J connectivity index is 1.79. The minimum atomic E-state index is -1.17. The van der Waals surface area contributed by atoms with E-state index in [1.165, 1.54) is 20.4 Å². The van der Waals surface area contributed by atoms with Crippen molar-refractivity contribution in [1.29, 1.82) is 0 Å². The highest BCUT2D eigenvalue weighted by Crippen LogP contribution is 2.56. The summed E-state index contributed by atoms with van der Waals surface area (Å²) in [4.78, 5) is 32.8. The molecular formula is C15H18N2O5. The Morgan fingerprint density at radius 2 is 2.09 bits per heavy atom. The van der Waals surface area contributed by atoms with Gasteiger partial charge in [-0.3, -0.25) is 14.6 Å². The fraction of sp³-hybridized carbons (Fsp3) is 0.467. The quantitative estimate of drug-likeness (QED) is 0.247. The predicted octanol–water partition coefficient (Wildman–Crippen LogP) is 1.17. The van der Waals surface area contributed by atoms with Gasteiger partial charge in [-0.25, -0.2) is 0 Å². The van der Waals surface area contributed by atoms with E-state index in [-0.39, 0.29) is 5.92 Å². The van der Waals surface area contributed by atoms with Gasteiger partial charge in [0, 0.05) is 6.20 Å². The first-order chi connectivity index (χ1) is 10.6. The van der Waals surface area contributed by atoms with E-state index in [1.807, 2.05) is 12.1 Å². The Morgan fingerprint density at radius 1 is 1.36 bits per heavy atom. The Kier molecular flexibility index (Phi) is 5.08. The van der Waals surface area contributed by atoms with Gasteiger partial charge < -0.3 is 14.3 Å². The lowest BCUT2D eigenvalue weighted by Gasteiger charge is -2.11. The van der Waals surface area contributed by atoms with Crippen LogP contribution in [0.3, 0.4) is 0 Å². The molecule has 1 aromatic heterocycles. The maximum atomic E-state index is 11.8. The molecule has 7 nitrogen and oxygen atoms in total. The third kappa shape index (κ3) is 3.24. The largest absolute Gasteiger partial charge is 0.468 e. The number of esters is 2. The van der Waals surface area contributed by atoms with Crippen LogP contribution in [0.25, 0.3) is 0 Å². The number of hydrogen-bond donors (Lipinski definition) is 0. The molecule has 2 rings (SSSR count). The zero-order valence-electron chi connectivity index (χ0n) is 12.5. The number of carbonyl (C=O) groups excluding carboxylic acids is 2. The van der Waals surface area contributed by atoms with Gasteiger partial charge in [0.15, 0.2) is 5.41 Å². The van der Waals surface area contributed by atoms with Gasteiger partial charge in [0.05, 0.1) is 26.1 Å². The van der Waals surface area contributed by atoms with E-state index in [0.717, 1.165) is 0 Å². The van der Waals surface area contributed by atoms with E-state index in [1.54, 1.807) is 12.3 Å². The zero-order chi connectivity index (χ0) is 16.0. The number of aromatic nitrogens is 1. The predicted molar refractivity (Wildman–Crippen MR) is 77.0 cm³/mol. The smallest absolute Gasteiger partial charge is 0.323 e. The molecule has 0 bridgehead atoms. The average Bonchev–Trinajstić information content (AvgIpc) is 3.29. The van der Waals surface area contributed by atoms with Gasteiger partial charge in [-0.05, 0) is 30.9 Å². The third-order valence-corrected chi connectivity index (χ3v) is 3.71. The van der Waals surface area contributed by atoms with E-state index in [2.05, 4.69) is 10.1 Å². The molecule has 1 aromatic rings. The summed E-state index contributed by atoms with van der Waals surface area (Å²) in [7, 11) is 2.52. The number of nitrogens with zero attached hydrogens (tertiary/aromatic N) is 2. The molecule has 0 saturated heterocycles. The van der Waals surface area contributed by atoms with Crippen LogP contribution in [0.4, 0.5) is 0 Å². The van der Waals surface area contributed by atoms with Gasteiger partial charge in [-0.2, -0.15) is 0 Å². The fourth-order valence-corrected chi connectivity index (χ4v) is 2.42. The second-order valence-electron chi connectivity index (χ2n) is 4.97. The van der Waals surface area contributed by atoms with E-state index < -0.39 is 17.4 Å². The first kappa shape index (κ1) is 15.9. The lowest BCUT2D eigenvalue weighted by atomic mass is 10.0. The second-order valence-corrected chi connectivity index (χ2v) is 4.97. The minimum Gasteiger partial charge on any atom is -0.468 e. The van der Waals surface area contributed by atoms with Crippen LogP contribution >= 0.6 is 0 Å². The normalized spacial score (nSPS) is 18.7. The number of oxime groups is 1. The summed E-state index contributed by atoms with van der Waals surface area (Å²) in [6, 6.07) is 5.46. The van der Waals surface area contributed by atoms with Gasteiger partial charge >= 0.3 is 11.9 Å². The number of carbonyl (C=O) groups is 2. The molecule has 1 atom stereocenters. The van der Waals surface area contributed by atoms with Gasteiger partial charge in [0.1, 0.15) is 6.61 Å². The van der Waals surface area contributed by atoms with Crippen molar-refractivity contribution in [2.45, 2.75) is 12.8 Å². The first-order valence-corrected chi connectivity index (χ1v) is 6.88. The molecule has 1 heterocycles. The van der Waals surface area contributed by atoms with Crippen molar-refractivity contribution >= 4 is 18.2 Å². The summed E-state index contributed by atoms with van der Waals surface area (Å²) in [6.07, 6.45) is 4.09. The molecule has 0 spiro atoms. The lowest BCUT2D eigenvalue weighted by molar-refractivity contribution is -0.162. The molecule has 0 N–H and O–H groups in total. The van der Waals surface area contributed by atoms with E-state index in [0.29, 0.717) is 25.1 Å². The van der Waals surface area contributed by atoms with Crippen LogP contribution in [0.5, 0.6) is 0 Å². The van der Waals surface area contributed by atoms with E-state index in [9.17, 15) is 9.59 Å². The van der Waals surface area contributed by atoms with Crippen molar-refractivity contribution in [3.8, 4) is 0 Å². The Labute approximate surface area is 128 Å². The molecular weight excluding hydrogens is 288 g/mol. The standard InChI is InChI=1S/C15H18N2O5/c1-20-13(18)15(14(19)21-2)9-11(15)6-8-22-17-10-12-5-3-4-7-16-12/h3-5,7,10-11H,6,8-9H2,1-2H3/b17-10+/t11-/m0/s1. The summed E-state index contributed by atoms with van der Waals surface area (Å²) in [5.74, 6) is -1.25. The van der Waals surface area contributed by atoms with Gasteiger partial charge in [-0.15, -0.1) is 0 Å². The second kappa shape index (κ2) is 7.02. The van der Waals surface area contributed by atoms with E-state index in [4.69, 9.17) is 14.3 Å². The van der Waals surface area contributed by atoms with Crippen LogP contribution in [-0.2, 0) is 23.9 Å². The monoisotopic (exact) mass is 306 g/mol. The van der Waals surface area contributed by atoms with Crippen molar-refractivity contribution in [3.63, 3.8) is 0 Å². The van der Waals surface area contributed by atoms with Crippen molar-refractivity contribution in [2.24, 2.45) is 16.5 Å². The van der Waals surface area contributed by atoms with Crippen LogP contribution < -0.4 is 0 Å². The first-order valence-electron chi connectivity index (χ1n) is 6.88. The maximum Gasteiger partial charge on any atom is 0.323 e. The minimum absolute atomic E-state index is 0.141. The van der Waals surface area contributed by atoms with Crippen LogP contribution in [0, 0.1) is 11.3 Å². The van der Waals surface area contributed by atoms with Crippen LogP contribution in [0.15, 0.2) is 29.6 Å². The molecule has 0 aromatic carbocycles. The zero-order valence-corrected chi connectivity index (χ0v) is 12.5. The molecule has 0 amide bonds. The average molecular weight is 306 g/mol. The lowest BCUT2D eigenvalue weighted by Crippen LogP contribution is -2.30. The van der Waals surface area contributed by atoms with Gasteiger partial charge in [0.2, 0.25) is 0 Å². The SMILES string of the molecule is COC(=O)C1(C(=O)OC)C[C@@H]1CCO/N=C/c1ccccn1. The fourth-order valence-electron chi connectivity index (χ4n) is 2.42. The summed E-state index contributed by atoms with van der Waals surface area (Å²) < 4.78 is 9.40. The highest BCUT2D eigenvalue weighted by molar-refractivity contribution is 6.03. The molecule has 1 aliphatic carbocycles. The molecule has 1 saturated carbocycles. The van der Waals surface area contributed by atoms with Crippen molar-refractivity contribution in [3.05, 3.63) is 30.1 Å². The van der Waals surface area contributed by atoms with Crippen LogP contribution in [-0.4, -0.2) is 44.0 Å².